The van der Waals surface area contributed by atoms with Crippen LogP contribution in [-0.2, 0) is 6.54 Å². The summed E-state index contributed by atoms with van der Waals surface area (Å²) in [6.45, 7) is 4.12. The minimum atomic E-state index is -1.19. The summed E-state index contributed by atoms with van der Waals surface area (Å²) in [7, 11) is 0. The van der Waals surface area contributed by atoms with E-state index in [1.807, 2.05) is 24.3 Å². The number of aromatic nitrogens is 4. The first-order valence-electron chi connectivity index (χ1n) is 11.1. The van der Waals surface area contributed by atoms with Gasteiger partial charge in [-0.05, 0) is 45.0 Å². The maximum absolute atomic E-state index is 13.2. The first-order valence-corrected chi connectivity index (χ1v) is 11.1. The van der Waals surface area contributed by atoms with Crippen LogP contribution in [0.1, 0.15) is 30.1 Å². The number of hydrogen-bond donors (Lipinski definition) is 0. The van der Waals surface area contributed by atoms with Crippen molar-refractivity contribution in [3.05, 3.63) is 73.0 Å². The third-order valence-corrected chi connectivity index (χ3v) is 6.56. The van der Waals surface area contributed by atoms with Gasteiger partial charge in [-0.15, -0.1) is 0 Å². The highest BCUT2D eigenvalue weighted by atomic mass is 16.5. The molecule has 1 aliphatic rings. The van der Waals surface area contributed by atoms with Gasteiger partial charge in [0, 0.05) is 24.4 Å². The SMILES string of the molecule is Cc1nn2cc3oc(=O)c(=O)oc1c2c(=O)n3CCN1CCC(c2noc3ccccc23)CC1. The van der Waals surface area contributed by atoms with Gasteiger partial charge in [0.05, 0.1) is 11.9 Å². The number of nitrogens with zero attached hydrogens (tertiary/aromatic N) is 5. The number of likely N-dealkylation sites (tertiary alicyclic amines) is 1. The quantitative estimate of drug-likeness (QED) is 0.367. The van der Waals surface area contributed by atoms with Crippen LogP contribution in [0.3, 0.4) is 0 Å². The minimum Gasteiger partial charge on any atom is -0.414 e. The average molecular weight is 463 g/mol. The lowest BCUT2D eigenvalue weighted by atomic mass is 9.91. The van der Waals surface area contributed by atoms with Gasteiger partial charge in [-0.1, -0.05) is 17.3 Å². The Labute approximate surface area is 190 Å². The molecule has 5 aromatic heterocycles. The largest absolute Gasteiger partial charge is 0.424 e. The van der Waals surface area contributed by atoms with Crippen LogP contribution >= 0.6 is 0 Å². The number of rotatable bonds is 4. The summed E-state index contributed by atoms with van der Waals surface area (Å²) in [6, 6.07) is 7.87. The molecule has 0 unspecified atom stereocenters. The molecule has 1 fully saturated rings. The van der Waals surface area contributed by atoms with Crippen LogP contribution in [0.2, 0.25) is 0 Å². The van der Waals surface area contributed by atoms with Gasteiger partial charge in [-0.2, -0.15) is 5.10 Å². The van der Waals surface area contributed by atoms with Gasteiger partial charge in [-0.25, -0.2) is 14.1 Å². The van der Waals surface area contributed by atoms with Crippen LogP contribution in [0.15, 0.2) is 58.2 Å². The smallest absolute Gasteiger partial charge is 0.414 e. The summed E-state index contributed by atoms with van der Waals surface area (Å²) in [5.41, 5.74) is -0.623. The van der Waals surface area contributed by atoms with Gasteiger partial charge in [0.1, 0.15) is 5.69 Å². The molecule has 11 nitrogen and oxygen atoms in total. The maximum Gasteiger partial charge on any atom is 0.424 e. The Balaban J connectivity index is 1.25. The molecule has 0 N–H and O–H groups in total. The minimum absolute atomic E-state index is 0.0187. The van der Waals surface area contributed by atoms with Crippen molar-refractivity contribution in [3.8, 4) is 0 Å². The second-order valence-electron chi connectivity index (χ2n) is 8.59. The lowest BCUT2D eigenvalue weighted by Gasteiger charge is -2.31. The second-order valence-corrected chi connectivity index (χ2v) is 8.59. The zero-order chi connectivity index (χ0) is 23.4. The number of fused-ring (bicyclic) bond motifs is 5. The van der Waals surface area contributed by atoms with Gasteiger partial charge in [0.15, 0.2) is 16.7 Å². The van der Waals surface area contributed by atoms with E-state index in [1.54, 1.807) is 6.92 Å². The van der Waals surface area contributed by atoms with E-state index in [0.29, 0.717) is 18.2 Å². The first kappa shape index (κ1) is 20.6. The molecule has 1 saturated heterocycles. The molecule has 11 heteroatoms. The fourth-order valence-electron chi connectivity index (χ4n) is 4.78. The molecule has 34 heavy (non-hydrogen) atoms. The molecule has 0 spiro atoms. The molecule has 0 aliphatic carbocycles. The maximum atomic E-state index is 13.2. The highest BCUT2D eigenvalue weighted by Crippen LogP contribution is 2.32. The Kier molecular flexibility index (Phi) is 4.73. The number of aryl methyl sites for hydroxylation is 1. The molecule has 0 saturated carbocycles. The van der Waals surface area contributed by atoms with Crippen LogP contribution < -0.4 is 16.8 Å². The molecule has 6 aromatic rings. The van der Waals surface area contributed by atoms with E-state index in [1.165, 1.54) is 15.3 Å². The Morgan fingerprint density at radius 3 is 2.62 bits per heavy atom. The fourth-order valence-corrected chi connectivity index (χ4v) is 4.78. The van der Waals surface area contributed by atoms with E-state index in [0.717, 1.165) is 42.6 Å². The first-order chi connectivity index (χ1) is 16.5. The van der Waals surface area contributed by atoms with Crippen LogP contribution in [0.5, 0.6) is 0 Å². The molecule has 0 atom stereocenters. The van der Waals surface area contributed by atoms with Crippen molar-refractivity contribution in [1.82, 2.24) is 24.2 Å². The Morgan fingerprint density at radius 1 is 1.03 bits per heavy atom. The summed E-state index contributed by atoms with van der Waals surface area (Å²) in [4.78, 5) is 39.6. The van der Waals surface area contributed by atoms with Crippen molar-refractivity contribution in [2.24, 2.45) is 0 Å². The predicted molar refractivity (Wildman–Crippen MR) is 121 cm³/mol. The fraction of sp³-hybridized carbons (Fsp3) is 0.348. The Bertz CT molecular complexity index is 1710. The molecule has 1 aliphatic heterocycles. The molecular formula is C23H21N5O6. The normalized spacial score (nSPS) is 15.7. The topological polar surface area (TPSA) is 129 Å². The van der Waals surface area contributed by atoms with E-state index in [-0.39, 0.29) is 23.4 Å². The highest BCUT2D eigenvalue weighted by Gasteiger charge is 2.25. The Hall–Kier alpha value is -3.99. The van der Waals surface area contributed by atoms with E-state index in [9.17, 15) is 14.4 Å². The van der Waals surface area contributed by atoms with Gasteiger partial charge in [0.25, 0.3) is 5.56 Å². The molecule has 1 aromatic carbocycles. The summed E-state index contributed by atoms with van der Waals surface area (Å²) < 4.78 is 18.4. The van der Waals surface area contributed by atoms with Gasteiger partial charge in [0.2, 0.25) is 5.71 Å². The predicted octanol–water partition coefficient (Wildman–Crippen LogP) is 1.88. The van der Waals surface area contributed by atoms with Crippen molar-refractivity contribution in [2.45, 2.75) is 32.2 Å². The number of benzene rings is 1. The van der Waals surface area contributed by atoms with Crippen molar-refractivity contribution in [1.29, 1.82) is 0 Å². The van der Waals surface area contributed by atoms with Crippen LogP contribution in [0.25, 0.3) is 27.8 Å². The molecule has 6 heterocycles. The van der Waals surface area contributed by atoms with E-state index >= 15 is 0 Å². The van der Waals surface area contributed by atoms with Crippen LogP contribution in [-0.4, -0.2) is 43.9 Å². The molecule has 4 bridgehead atoms. The molecular weight excluding hydrogens is 442 g/mol. The third-order valence-electron chi connectivity index (χ3n) is 6.56. The summed E-state index contributed by atoms with van der Waals surface area (Å²) in [5.74, 6) is 0.310. The van der Waals surface area contributed by atoms with Gasteiger partial charge < -0.3 is 18.3 Å². The van der Waals surface area contributed by atoms with Crippen LogP contribution in [0, 0.1) is 6.92 Å². The van der Waals surface area contributed by atoms with Gasteiger partial charge in [-0.3, -0.25) is 9.36 Å². The zero-order valence-corrected chi connectivity index (χ0v) is 18.4. The summed E-state index contributed by atoms with van der Waals surface area (Å²) in [5, 5.41) is 9.56. The zero-order valence-electron chi connectivity index (χ0n) is 18.4. The monoisotopic (exact) mass is 463 g/mol. The number of piperidine rings is 1. The lowest BCUT2D eigenvalue weighted by molar-refractivity contribution is 0.201. The summed E-state index contributed by atoms with van der Waals surface area (Å²) >= 11 is 0. The van der Waals surface area contributed by atoms with E-state index in [4.69, 9.17) is 13.4 Å². The van der Waals surface area contributed by atoms with Crippen LogP contribution in [0.4, 0.5) is 0 Å². The number of para-hydroxylation sites is 1. The van der Waals surface area contributed by atoms with Gasteiger partial charge >= 0.3 is 11.3 Å². The second kappa shape index (κ2) is 7.80. The molecule has 174 valence electrons. The van der Waals surface area contributed by atoms with Crippen molar-refractivity contribution < 1.29 is 13.4 Å². The molecule has 0 radical (unpaired) electrons. The van der Waals surface area contributed by atoms with E-state index < -0.39 is 16.8 Å². The molecule has 7 rings (SSSR count). The standard InChI is InChI=1S/C23H21N5O6/c1-13-20-19-21(29)27(17(12-28(19)24-13)32-22(30)23(31)33-20)11-10-26-8-6-14(7-9-26)18-15-4-2-3-5-16(15)34-25-18/h2-5,12,14H,6-11H2,1H3. The molecule has 0 amide bonds. The van der Waals surface area contributed by atoms with E-state index in [2.05, 4.69) is 15.2 Å². The lowest BCUT2D eigenvalue weighted by Crippen LogP contribution is -2.37. The average Bonchev–Trinajstić information content (AvgIpc) is 3.41. The van der Waals surface area contributed by atoms with Crippen molar-refractivity contribution >= 4 is 27.8 Å². The summed E-state index contributed by atoms with van der Waals surface area (Å²) in [6.07, 6.45) is 3.26. The third kappa shape index (κ3) is 3.27. The number of hydrogen-bond acceptors (Lipinski definition) is 9. The van der Waals surface area contributed by atoms with Crippen molar-refractivity contribution in [3.63, 3.8) is 0 Å². The Morgan fingerprint density at radius 2 is 1.79 bits per heavy atom. The highest BCUT2D eigenvalue weighted by molar-refractivity contribution is 5.79. The van der Waals surface area contributed by atoms with Crippen molar-refractivity contribution in [2.75, 3.05) is 19.6 Å².